The summed E-state index contributed by atoms with van der Waals surface area (Å²) in [4.78, 5) is 2.21. The fraction of sp³-hybridized carbons (Fsp3) is 0.600. The van der Waals surface area contributed by atoms with Crippen LogP contribution in [0.3, 0.4) is 0 Å². The number of halogens is 3. The zero-order valence-corrected chi connectivity index (χ0v) is 11.7. The van der Waals surface area contributed by atoms with Crippen LogP contribution in [0.2, 0.25) is 0 Å². The molecule has 1 fully saturated rings. The van der Waals surface area contributed by atoms with Crippen LogP contribution in [0.25, 0.3) is 0 Å². The van der Waals surface area contributed by atoms with Crippen molar-refractivity contribution in [1.29, 1.82) is 0 Å². The van der Waals surface area contributed by atoms with Crippen LogP contribution in [-0.2, 0) is 6.18 Å². The Hall–Kier alpha value is -1.23. The smallest absolute Gasteiger partial charge is 0.367 e. The van der Waals surface area contributed by atoms with Crippen LogP contribution in [0.1, 0.15) is 31.7 Å². The van der Waals surface area contributed by atoms with Crippen molar-refractivity contribution < 1.29 is 13.2 Å². The topological polar surface area (TPSA) is 15.3 Å². The fourth-order valence-corrected chi connectivity index (χ4v) is 2.68. The molecule has 1 aromatic rings. The van der Waals surface area contributed by atoms with Crippen molar-refractivity contribution in [2.24, 2.45) is 0 Å². The molecule has 2 rings (SSSR count). The summed E-state index contributed by atoms with van der Waals surface area (Å²) in [6, 6.07) is 5.90. The van der Waals surface area contributed by atoms with Crippen molar-refractivity contribution in [2.45, 2.75) is 38.4 Å². The Morgan fingerprint density at radius 3 is 2.55 bits per heavy atom. The SMILES string of the molecule is CCCNCC1CCCN1c1ccc(C(F)(F)F)cc1. The molecule has 0 radical (unpaired) electrons. The first-order valence-electron chi connectivity index (χ1n) is 7.17. The molecular formula is C15H21F3N2. The molecule has 0 saturated carbocycles. The van der Waals surface area contributed by atoms with Gasteiger partial charge in [0.15, 0.2) is 0 Å². The quantitative estimate of drug-likeness (QED) is 0.831. The number of hydrogen-bond donors (Lipinski definition) is 1. The molecule has 1 unspecified atom stereocenters. The van der Waals surface area contributed by atoms with Crippen LogP contribution in [0.5, 0.6) is 0 Å². The lowest BCUT2D eigenvalue weighted by Crippen LogP contribution is -2.38. The molecule has 1 N–H and O–H groups in total. The summed E-state index contributed by atoms with van der Waals surface area (Å²) in [5, 5.41) is 3.39. The van der Waals surface area contributed by atoms with Crippen LogP contribution in [0.15, 0.2) is 24.3 Å². The van der Waals surface area contributed by atoms with Gasteiger partial charge in [-0.3, -0.25) is 0 Å². The normalized spacial score (nSPS) is 19.6. The number of hydrogen-bond acceptors (Lipinski definition) is 2. The summed E-state index contributed by atoms with van der Waals surface area (Å²) in [6.45, 7) is 4.92. The molecular weight excluding hydrogens is 265 g/mol. The van der Waals surface area contributed by atoms with E-state index < -0.39 is 11.7 Å². The zero-order valence-electron chi connectivity index (χ0n) is 11.7. The van der Waals surface area contributed by atoms with E-state index in [9.17, 15) is 13.2 Å². The van der Waals surface area contributed by atoms with Gasteiger partial charge in [-0.05, 0) is 50.1 Å². The highest BCUT2D eigenvalue weighted by molar-refractivity contribution is 5.50. The molecule has 0 aliphatic carbocycles. The van der Waals surface area contributed by atoms with Crippen molar-refractivity contribution in [3.05, 3.63) is 29.8 Å². The first-order chi connectivity index (χ1) is 9.52. The second-order valence-corrected chi connectivity index (χ2v) is 5.24. The molecule has 0 bridgehead atoms. The standard InChI is InChI=1S/C15H21F3N2/c1-2-9-19-11-14-4-3-10-20(14)13-7-5-12(6-8-13)15(16,17)18/h5-8,14,19H,2-4,9-11H2,1H3. The first kappa shape index (κ1) is 15.2. The molecule has 0 aromatic heterocycles. The summed E-state index contributed by atoms with van der Waals surface area (Å²) in [7, 11) is 0. The Morgan fingerprint density at radius 2 is 1.95 bits per heavy atom. The third-order valence-electron chi connectivity index (χ3n) is 3.71. The Morgan fingerprint density at radius 1 is 1.25 bits per heavy atom. The molecule has 1 aromatic carbocycles. The largest absolute Gasteiger partial charge is 0.416 e. The van der Waals surface area contributed by atoms with Gasteiger partial charge in [0.2, 0.25) is 0 Å². The number of nitrogens with one attached hydrogen (secondary N) is 1. The predicted molar refractivity (Wildman–Crippen MR) is 75.0 cm³/mol. The van der Waals surface area contributed by atoms with Gasteiger partial charge in [-0.25, -0.2) is 0 Å². The van der Waals surface area contributed by atoms with Gasteiger partial charge in [-0.2, -0.15) is 13.2 Å². The van der Waals surface area contributed by atoms with Gasteiger partial charge in [-0.1, -0.05) is 6.92 Å². The van der Waals surface area contributed by atoms with E-state index in [2.05, 4.69) is 17.1 Å². The van der Waals surface area contributed by atoms with E-state index in [0.717, 1.165) is 44.6 Å². The third-order valence-corrected chi connectivity index (χ3v) is 3.71. The maximum absolute atomic E-state index is 12.6. The maximum atomic E-state index is 12.6. The molecule has 2 nitrogen and oxygen atoms in total. The second-order valence-electron chi connectivity index (χ2n) is 5.24. The van der Waals surface area contributed by atoms with E-state index in [1.165, 1.54) is 12.1 Å². The summed E-state index contributed by atoms with van der Waals surface area (Å²) in [5.74, 6) is 0. The van der Waals surface area contributed by atoms with Crippen LogP contribution >= 0.6 is 0 Å². The molecule has 0 amide bonds. The minimum absolute atomic E-state index is 0.387. The highest BCUT2D eigenvalue weighted by Gasteiger charge is 2.31. The average Bonchev–Trinajstić information content (AvgIpc) is 2.87. The Balaban J connectivity index is 2.02. The fourth-order valence-electron chi connectivity index (χ4n) is 2.68. The number of nitrogens with zero attached hydrogens (tertiary/aromatic N) is 1. The van der Waals surface area contributed by atoms with Gasteiger partial charge in [0, 0.05) is 24.8 Å². The van der Waals surface area contributed by atoms with E-state index in [0.29, 0.717) is 6.04 Å². The van der Waals surface area contributed by atoms with Gasteiger partial charge >= 0.3 is 6.18 Å². The molecule has 1 aliphatic heterocycles. The van der Waals surface area contributed by atoms with Gasteiger partial charge in [0.05, 0.1) is 5.56 Å². The van der Waals surface area contributed by atoms with Crippen LogP contribution < -0.4 is 10.2 Å². The third kappa shape index (κ3) is 3.66. The number of anilines is 1. The number of rotatable bonds is 5. The Kier molecular flexibility index (Phi) is 4.91. The molecule has 1 heterocycles. The lowest BCUT2D eigenvalue weighted by molar-refractivity contribution is -0.137. The molecule has 5 heteroatoms. The molecule has 1 atom stereocenters. The van der Waals surface area contributed by atoms with Crippen molar-refractivity contribution in [3.8, 4) is 0 Å². The minimum atomic E-state index is -4.26. The molecule has 0 spiro atoms. The average molecular weight is 286 g/mol. The number of benzene rings is 1. The van der Waals surface area contributed by atoms with E-state index in [1.54, 1.807) is 12.1 Å². The maximum Gasteiger partial charge on any atom is 0.416 e. The van der Waals surface area contributed by atoms with E-state index >= 15 is 0 Å². The second kappa shape index (κ2) is 6.48. The Labute approximate surface area is 118 Å². The van der Waals surface area contributed by atoms with E-state index in [4.69, 9.17) is 0 Å². The van der Waals surface area contributed by atoms with Crippen molar-refractivity contribution >= 4 is 5.69 Å². The van der Waals surface area contributed by atoms with Crippen molar-refractivity contribution in [2.75, 3.05) is 24.5 Å². The highest BCUT2D eigenvalue weighted by Crippen LogP contribution is 2.32. The van der Waals surface area contributed by atoms with Gasteiger partial charge in [0.1, 0.15) is 0 Å². The minimum Gasteiger partial charge on any atom is -0.367 e. The Bertz CT molecular complexity index is 414. The van der Waals surface area contributed by atoms with Crippen molar-refractivity contribution in [3.63, 3.8) is 0 Å². The van der Waals surface area contributed by atoms with Crippen LogP contribution in [0.4, 0.5) is 18.9 Å². The van der Waals surface area contributed by atoms with E-state index in [1.807, 2.05) is 0 Å². The molecule has 20 heavy (non-hydrogen) atoms. The molecule has 112 valence electrons. The number of alkyl halides is 3. The highest BCUT2D eigenvalue weighted by atomic mass is 19.4. The first-order valence-corrected chi connectivity index (χ1v) is 7.17. The predicted octanol–water partition coefficient (Wildman–Crippen LogP) is 3.67. The van der Waals surface area contributed by atoms with Crippen LogP contribution in [0, 0.1) is 0 Å². The van der Waals surface area contributed by atoms with Crippen LogP contribution in [-0.4, -0.2) is 25.7 Å². The monoisotopic (exact) mass is 286 g/mol. The van der Waals surface area contributed by atoms with Gasteiger partial charge < -0.3 is 10.2 Å². The lowest BCUT2D eigenvalue weighted by atomic mass is 10.1. The summed E-state index contributed by atoms with van der Waals surface area (Å²) in [6.07, 6.45) is -0.976. The van der Waals surface area contributed by atoms with Gasteiger partial charge in [0.25, 0.3) is 0 Å². The summed E-state index contributed by atoms with van der Waals surface area (Å²) >= 11 is 0. The zero-order chi connectivity index (χ0) is 14.6. The lowest BCUT2D eigenvalue weighted by Gasteiger charge is -2.27. The van der Waals surface area contributed by atoms with Gasteiger partial charge in [-0.15, -0.1) is 0 Å². The summed E-state index contributed by atoms with van der Waals surface area (Å²) in [5.41, 5.74) is 0.305. The summed E-state index contributed by atoms with van der Waals surface area (Å²) < 4.78 is 37.7. The van der Waals surface area contributed by atoms with Crippen molar-refractivity contribution in [1.82, 2.24) is 5.32 Å². The molecule has 1 aliphatic rings. The van der Waals surface area contributed by atoms with E-state index in [-0.39, 0.29) is 0 Å². The molecule has 1 saturated heterocycles.